The molecule has 3 aromatic rings. The van der Waals surface area contributed by atoms with Crippen LogP contribution in [0.1, 0.15) is 0 Å². The summed E-state index contributed by atoms with van der Waals surface area (Å²) >= 11 is 3.17. The van der Waals surface area contributed by atoms with Crippen molar-refractivity contribution in [1.29, 1.82) is 0 Å². The number of imidazole rings is 1. The largest absolute Gasteiger partial charge is 0.497 e. The van der Waals surface area contributed by atoms with Crippen LogP contribution in [0.5, 0.6) is 5.75 Å². The van der Waals surface area contributed by atoms with Crippen LogP contribution in [0.15, 0.2) is 40.9 Å². The van der Waals surface area contributed by atoms with Crippen LogP contribution >= 0.6 is 15.9 Å². The number of nitrogen functional groups attached to an aromatic ring is 1. The van der Waals surface area contributed by atoms with E-state index < -0.39 is 0 Å². The number of nitrogens with zero attached hydrogens (tertiary/aromatic N) is 2. The quantitative estimate of drug-likeness (QED) is 0.779. The maximum absolute atomic E-state index is 13.4. The van der Waals surface area contributed by atoms with Gasteiger partial charge in [-0.15, -0.1) is 0 Å². The molecular formula is C14H11BrFN3O. The van der Waals surface area contributed by atoms with Crippen LogP contribution in [0.25, 0.3) is 16.7 Å². The lowest BCUT2D eigenvalue weighted by Gasteiger charge is -2.08. The predicted octanol–water partition coefficient (Wildman–Crippen LogP) is 3.52. The molecule has 1 heterocycles. The third-order valence-electron chi connectivity index (χ3n) is 3.05. The second-order valence-corrected chi connectivity index (χ2v) is 5.11. The lowest BCUT2D eigenvalue weighted by molar-refractivity contribution is 0.415. The number of aromatic nitrogens is 2. The molecule has 2 N–H and O–H groups in total. The van der Waals surface area contributed by atoms with E-state index >= 15 is 0 Å². The highest BCUT2D eigenvalue weighted by atomic mass is 79.9. The maximum Gasteiger partial charge on any atom is 0.205 e. The number of fused-ring (bicyclic) bond motifs is 1. The molecule has 0 aliphatic rings. The molecule has 102 valence electrons. The Bertz CT molecular complexity index is 800. The smallest absolute Gasteiger partial charge is 0.205 e. The average Bonchev–Trinajstić information content (AvgIpc) is 2.77. The fraction of sp³-hybridized carbons (Fsp3) is 0.0714. The summed E-state index contributed by atoms with van der Waals surface area (Å²) in [4.78, 5) is 4.29. The highest BCUT2D eigenvalue weighted by molar-refractivity contribution is 9.10. The predicted molar refractivity (Wildman–Crippen MR) is 79.7 cm³/mol. The Kier molecular flexibility index (Phi) is 3.10. The number of nitrogens with two attached hydrogens (primary N) is 1. The van der Waals surface area contributed by atoms with E-state index in [0.717, 1.165) is 16.7 Å². The Labute approximate surface area is 123 Å². The first kappa shape index (κ1) is 12.9. The Morgan fingerprint density at radius 2 is 2.05 bits per heavy atom. The molecule has 6 heteroatoms. The molecule has 0 aliphatic heterocycles. The van der Waals surface area contributed by atoms with Crippen molar-refractivity contribution in [3.8, 4) is 11.4 Å². The van der Waals surface area contributed by atoms with E-state index in [1.807, 2.05) is 18.2 Å². The van der Waals surface area contributed by atoms with Crippen molar-refractivity contribution in [1.82, 2.24) is 9.55 Å². The van der Waals surface area contributed by atoms with Gasteiger partial charge < -0.3 is 10.5 Å². The SMILES string of the molecule is COc1ccc2nc(N)n(-c3ccc(F)c(Br)c3)c2c1. The molecule has 0 radical (unpaired) electrons. The van der Waals surface area contributed by atoms with Crippen molar-refractivity contribution in [3.05, 3.63) is 46.7 Å². The zero-order valence-electron chi connectivity index (χ0n) is 10.6. The van der Waals surface area contributed by atoms with Crippen LogP contribution in [-0.2, 0) is 0 Å². The molecule has 1 aromatic heterocycles. The molecule has 2 aromatic carbocycles. The van der Waals surface area contributed by atoms with Gasteiger partial charge in [0.1, 0.15) is 11.6 Å². The van der Waals surface area contributed by atoms with Gasteiger partial charge in [-0.3, -0.25) is 4.57 Å². The Morgan fingerprint density at radius 3 is 2.75 bits per heavy atom. The summed E-state index contributed by atoms with van der Waals surface area (Å²) in [6.45, 7) is 0. The van der Waals surface area contributed by atoms with E-state index in [0.29, 0.717) is 16.2 Å². The van der Waals surface area contributed by atoms with Crippen LogP contribution < -0.4 is 10.5 Å². The maximum atomic E-state index is 13.4. The third-order valence-corrected chi connectivity index (χ3v) is 3.66. The van der Waals surface area contributed by atoms with Gasteiger partial charge in [0, 0.05) is 6.07 Å². The first-order chi connectivity index (χ1) is 9.60. The Morgan fingerprint density at radius 1 is 1.25 bits per heavy atom. The minimum Gasteiger partial charge on any atom is -0.497 e. The van der Waals surface area contributed by atoms with Gasteiger partial charge >= 0.3 is 0 Å². The van der Waals surface area contributed by atoms with Gasteiger partial charge in [0.25, 0.3) is 0 Å². The summed E-state index contributed by atoms with van der Waals surface area (Å²) in [6, 6.07) is 10.2. The number of ether oxygens (including phenoxy) is 1. The van der Waals surface area contributed by atoms with E-state index in [1.54, 1.807) is 23.8 Å². The fourth-order valence-electron chi connectivity index (χ4n) is 2.10. The Hall–Kier alpha value is -2.08. The average molecular weight is 336 g/mol. The zero-order valence-corrected chi connectivity index (χ0v) is 12.2. The Balaban J connectivity index is 2.28. The van der Waals surface area contributed by atoms with Crippen molar-refractivity contribution in [2.75, 3.05) is 12.8 Å². The van der Waals surface area contributed by atoms with E-state index in [2.05, 4.69) is 20.9 Å². The van der Waals surface area contributed by atoms with E-state index in [9.17, 15) is 4.39 Å². The zero-order chi connectivity index (χ0) is 14.3. The van der Waals surface area contributed by atoms with Crippen molar-refractivity contribution in [3.63, 3.8) is 0 Å². The molecule has 20 heavy (non-hydrogen) atoms. The van der Waals surface area contributed by atoms with Crippen LogP contribution in [0, 0.1) is 5.82 Å². The molecule has 0 saturated carbocycles. The summed E-state index contributed by atoms with van der Waals surface area (Å²) in [5.74, 6) is 0.723. The normalized spacial score (nSPS) is 10.9. The van der Waals surface area contributed by atoms with Crippen LogP contribution in [0.3, 0.4) is 0 Å². The van der Waals surface area contributed by atoms with Crippen LogP contribution in [0.2, 0.25) is 0 Å². The second kappa shape index (κ2) is 4.79. The first-order valence-corrected chi connectivity index (χ1v) is 6.67. The van der Waals surface area contributed by atoms with Crippen molar-refractivity contribution in [2.24, 2.45) is 0 Å². The van der Waals surface area contributed by atoms with E-state index in [4.69, 9.17) is 10.5 Å². The minimum atomic E-state index is -0.325. The van der Waals surface area contributed by atoms with Gasteiger partial charge in [0.2, 0.25) is 5.95 Å². The van der Waals surface area contributed by atoms with E-state index in [-0.39, 0.29) is 5.82 Å². The van der Waals surface area contributed by atoms with Crippen LogP contribution in [0.4, 0.5) is 10.3 Å². The number of hydrogen-bond acceptors (Lipinski definition) is 3. The summed E-state index contributed by atoms with van der Waals surface area (Å²) < 4.78 is 20.7. The molecule has 0 saturated heterocycles. The van der Waals surface area contributed by atoms with Gasteiger partial charge in [-0.25, -0.2) is 9.37 Å². The summed E-state index contributed by atoms with van der Waals surface area (Å²) in [5.41, 5.74) is 8.25. The molecule has 0 unspecified atom stereocenters. The van der Waals surface area contributed by atoms with Gasteiger partial charge in [-0.1, -0.05) is 0 Å². The lowest BCUT2D eigenvalue weighted by atomic mass is 10.2. The summed E-state index contributed by atoms with van der Waals surface area (Å²) in [6.07, 6.45) is 0. The number of anilines is 1. The van der Waals surface area contributed by atoms with Gasteiger partial charge in [-0.2, -0.15) is 0 Å². The van der Waals surface area contributed by atoms with Gasteiger partial charge in [-0.05, 0) is 46.3 Å². The molecule has 0 atom stereocenters. The number of rotatable bonds is 2. The van der Waals surface area contributed by atoms with Crippen molar-refractivity contribution < 1.29 is 9.13 Å². The minimum absolute atomic E-state index is 0.325. The van der Waals surface area contributed by atoms with Crippen molar-refractivity contribution >= 4 is 32.9 Å². The fourth-order valence-corrected chi connectivity index (χ4v) is 2.46. The number of halogens is 2. The third kappa shape index (κ3) is 2.02. The number of methoxy groups -OCH3 is 1. The number of benzene rings is 2. The monoisotopic (exact) mass is 335 g/mol. The molecule has 0 amide bonds. The lowest BCUT2D eigenvalue weighted by Crippen LogP contribution is -2.01. The van der Waals surface area contributed by atoms with Crippen molar-refractivity contribution in [2.45, 2.75) is 0 Å². The summed E-state index contributed by atoms with van der Waals surface area (Å²) in [5, 5.41) is 0. The molecule has 3 rings (SSSR count). The first-order valence-electron chi connectivity index (χ1n) is 5.87. The van der Waals surface area contributed by atoms with Gasteiger partial charge in [0.05, 0.1) is 28.3 Å². The van der Waals surface area contributed by atoms with Gasteiger partial charge in [0.15, 0.2) is 0 Å². The molecule has 0 bridgehead atoms. The molecule has 0 fully saturated rings. The molecule has 0 spiro atoms. The second-order valence-electron chi connectivity index (χ2n) is 4.26. The van der Waals surface area contributed by atoms with Crippen LogP contribution in [-0.4, -0.2) is 16.7 Å². The van der Waals surface area contributed by atoms with E-state index in [1.165, 1.54) is 6.07 Å². The molecule has 0 aliphatic carbocycles. The highest BCUT2D eigenvalue weighted by Crippen LogP contribution is 2.28. The number of hydrogen-bond donors (Lipinski definition) is 1. The summed E-state index contributed by atoms with van der Waals surface area (Å²) in [7, 11) is 1.60. The molecule has 4 nitrogen and oxygen atoms in total. The molecular weight excluding hydrogens is 325 g/mol. The topological polar surface area (TPSA) is 53.1 Å². The highest BCUT2D eigenvalue weighted by Gasteiger charge is 2.12. The standard InChI is InChI=1S/C14H11BrFN3O/c1-20-9-3-5-12-13(7-9)19(14(17)18-12)8-2-4-11(16)10(15)6-8/h2-7H,1H3,(H2,17,18).